The van der Waals surface area contributed by atoms with E-state index in [1.165, 1.54) is 64.2 Å². The van der Waals surface area contributed by atoms with Gasteiger partial charge in [-0.3, -0.25) is 0 Å². The molecule has 1 heteroatoms. The van der Waals surface area contributed by atoms with Gasteiger partial charge in [0.05, 0.1) is 0 Å². The van der Waals surface area contributed by atoms with Gasteiger partial charge in [0.2, 0.25) is 0 Å². The van der Waals surface area contributed by atoms with Crippen LogP contribution in [0, 0.1) is 5.92 Å². The molecular weight excluding hydrogens is 216 g/mol. The lowest BCUT2D eigenvalue weighted by Gasteiger charge is -2.08. The Morgan fingerprint density at radius 1 is 0.750 bits per heavy atom. The Kier molecular flexibility index (Phi) is 12.0. The fourth-order valence-corrected chi connectivity index (χ4v) is 2.33. The molecular formula is C15H31Cl. The fraction of sp³-hybridized carbons (Fsp3) is 1.00. The molecule has 16 heavy (non-hydrogen) atoms. The van der Waals surface area contributed by atoms with Crippen molar-refractivity contribution < 1.29 is 0 Å². The summed E-state index contributed by atoms with van der Waals surface area (Å²) in [6, 6.07) is 0. The van der Waals surface area contributed by atoms with E-state index in [4.69, 9.17) is 11.6 Å². The van der Waals surface area contributed by atoms with Gasteiger partial charge in [-0.1, -0.05) is 72.1 Å². The van der Waals surface area contributed by atoms with E-state index < -0.39 is 0 Å². The molecule has 0 radical (unpaired) electrons. The molecule has 0 aromatic rings. The molecule has 1 unspecified atom stereocenters. The first-order valence-corrected chi connectivity index (χ1v) is 7.74. The SMILES string of the molecule is CCCCC(Cl)CCCCCCCC(C)C. The van der Waals surface area contributed by atoms with Gasteiger partial charge in [0.15, 0.2) is 0 Å². The average Bonchev–Trinajstić information content (AvgIpc) is 2.24. The summed E-state index contributed by atoms with van der Waals surface area (Å²) in [6.07, 6.45) is 13.4. The highest BCUT2D eigenvalue weighted by molar-refractivity contribution is 6.20. The highest BCUT2D eigenvalue weighted by atomic mass is 35.5. The second-order valence-electron chi connectivity index (χ2n) is 5.48. The number of rotatable bonds is 11. The van der Waals surface area contributed by atoms with E-state index in [-0.39, 0.29) is 0 Å². The Bertz CT molecular complexity index is 131. The summed E-state index contributed by atoms with van der Waals surface area (Å²) in [5.74, 6) is 0.876. The Hall–Kier alpha value is 0.290. The van der Waals surface area contributed by atoms with Crippen molar-refractivity contribution in [2.75, 3.05) is 0 Å². The van der Waals surface area contributed by atoms with Crippen molar-refractivity contribution >= 4 is 11.6 Å². The second-order valence-corrected chi connectivity index (χ2v) is 6.10. The summed E-state index contributed by atoms with van der Waals surface area (Å²) in [5.41, 5.74) is 0. The zero-order valence-electron chi connectivity index (χ0n) is 11.6. The highest BCUT2D eigenvalue weighted by Crippen LogP contribution is 2.17. The molecule has 0 aliphatic rings. The molecule has 0 spiro atoms. The third kappa shape index (κ3) is 12.4. The van der Waals surface area contributed by atoms with Crippen LogP contribution in [0.3, 0.4) is 0 Å². The number of alkyl halides is 1. The van der Waals surface area contributed by atoms with Crippen LogP contribution >= 0.6 is 11.6 Å². The summed E-state index contributed by atoms with van der Waals surface area (Å²) >= 11 is 6.24. The standard InChI is InChI=1S/C15H31Cl/c1-4-5-12-15(16)13-10-8-6-7-9-11-14(2)3/h14-15H,4-13H2,1-3H3. The van der Waals surface area contributed by atoms with Crippen molar-refractivity contribution in [3.8, 4) is 0 Å². The van der Waals surface area contributed by atoms with Crippen LogP contribution in [0.1, 0.15) is 85.0 Å². The summed E-state index contributed by atoms with van der Waals surface area (Å²) in [5, 5.41) is 0.440. The molecule has 0 amide bonds. The third-order valence-electron chi connectivity index (χ3n) is 3.17. The molecule has 0 bridgehead atoms. The molecule has 98 valence electrons. The Morgan fingerprint density at radius 3 is 1.81 bits per heavy atom. The molecule has 0 rings (SSSR count). The van der Waals surface area contributed by atoms with Gasteiger partial charge >= 0.3 is 0 Å². The van der Waals surface area contributed by atoms with Crippen LogP contribution in [0.15, 0.2) is 0 Å². The van der Waals surface area contributed by atoms with Gasteiger partial charge < -0.3 is 0 Å². The fourth-order valence-electron chi connectivity index (χ4n) is 2.02. The quantitative estimate of drug-likeness (QED) is 0.302. The van der Waals surface area contributed by atoms with Gasteiger partial charge in [-0.05, 0) is 18.8 Å². The minimum Gasteiger partial charge on any atom is -0.123 e. The van der Waals surface area contributed by atoms with Gasteiger partial charge in [-0.25, -0.2) is 0 Å². The Balaban J connectivity index is 3.08. The van der Waals surface area contributed by atoms with Gasteiger partial charge in [-0.15, -0.1) is 11.6 Å². The van der Waals surface area contributed by atoms with Crippen LogP contribution in [0.25, 0.3) is 0 Å². The normalized spacial score (nSPS) is 13.3. The van der Waals surface area contributed by atoms with Gasteiger partial charge in [0, 0.05) is 5.38 Å². The van der Waals surface area contributed by atoms with Gasteiger partial charge in [0.25, 0.3) is 0 Å². The maximum Gasteiger partial charge on any atom is 0.0336 e. The number of unbranched alkanes of at least 4 members (excludes halogenated alkanes) is 5. The molecule has 0 saturated carbocycles. The first-order valence-electron chi connectivity index (χ1n) is 7.30. The van der Waals surface area contributed by atoms with Gasteiger partial charge in [0.1, 0.15) is 0 Å². The van der Waals surface area contributed by atoms with Crippen molar-refractivity contribution in [2.24, 2.45) is 5.92 Å². The zero-order valence-corrected chi connectivity index (χ0v) is 12.4. The molecule has 0 aliphatic heterocycles. The van der Waals surface area contributed by atoms with Gasteiger partial charge in [-0.2, -0.15) is 0 Å². The van der Waals surface area contributed by atoms with Crippen LogP contribution in [0.5, 0.6) is 0 Å². The van der Waals surface area contributed by atoms with Crippen LogP contribution in [-0.2, 0) is 0 Å². The maximum absolute atomic E-state index is 6.24. The molecule has 0 aromatic heterocycles. The lowest BCUT2D eigenvalue weighted by Crippen LogP contribution is -1.98. The molecule has 0 fully saturated rings. The van der Waals surface area contributed by atoms with E-state index in [1.54, 1.807) is 0 Å². The molecule has 0 aliphatic carbocycles. The largest absolute Gasteiger partial charge is 0.123 e. The molecule has 1 atom stereocenters. The van der Waals surface area contributed by atoms with Crippen LogP contribution in [0.4, 0.5) is 0 Å². The average molecular weight is 247 g/mol. The molecule has 0 nitrogen and oxygen atoms in total. The number of hydrogen-bond donors (Lipinski definition) is 0. The summed E-state index contributed by atoms with van der Waals surface area (Å²) in [4.78, 5) is 0. The Labute approximate surface area is 108 Å². The molecule has 0 saturated heterocycles. The van der Waals surface area contributed by atoms with Crippen molar-refractivity contribution in [3.05, 3.63) is 0 Å². The van der Waals surface area contributed by atoms with E-state index >= 15 is 0 Å². The molecule has 0 aromatic carbocycles. The maximum atomic E-state index is 6.24. The van der Waals surface area contributed by atoms with E-state index in [1.807, 2.05) is 0 Å². The third-order valence-corrected chi connectivity index (χ3v) is 3.61. The predicted octanol–water partition coefficient (Wildman–Crippen LogP) is 6.17. The smallest absolute Gasteiger partial charge is 0.0336 e. The zero-order chi connectivity index (χ0) is 12.2. The van der Waals surface area contributed by atoms with E-state index in [9.17, 15) is 0 Å². The molecule has 0 heterocycles. The number of halogens is 1. The lowest BCUT2D eigenvalue weighted by molar-refractivity contribution is 0.506. The number of hydrogen-bond acceptors (Lipinski definition) is 0. The van der Waals surface area contributed by atoms with Crippen molar-refractivity contribution in [3.63, 3.8) is 0 Å². The first kappa shape index (κ1) is 16.3. The summed E-state index contributed by atoms with van der Waals surface area (Å²) in [7, 11) is 0. The second kappa shape index (κ2) is 11.8. The monoisotopic (exact) mass is 246 g/mol. The summed E-state index contributed by atoms with van der Waals surface area (Å²) < 4.78 is 0. The van der Waals surface area contributed by atoms with E-state index in [0.29, 0.717) is 5.38 Å². The first-order chi connectivity index (χ1) is 7.66. The highest BCUT2D eigenvalue weighted by Gasteiger charge is 2.03. The lowest BCUT2D eigenvalue weighted by atomic mass is 10.0. The predicted molar refractivity (Wildman–Crippen MR) is 76.3 cm³/mol. The van der Waals surface area contributed by atoms with Crippen LogP contribution in [0.2, 0.25) is 0 Å². The van der Waals surface area contributed by atoms with Crippen LogP contribution < -0.4 is 0 Å². The minimum absolute atomic E-state index is 0.440. The summed E-state index contributed by atoms with van der Waals surface area (Å²) in [6.45, 7) is 6.86. The molecule has 0 N–H and O–H groups in total. The Morgan fingerprint density at radius 2 is 1.25 bits per heavy atom. The topological polar surface area (TPSA) is 0 Å². The van der Waals surface area contributed by atoms with E-state index in [0.717, 1.165) is 5.92 Å². The van der Waals surface area contributed by atoms with E-state index in [2.05, 4.69) is 20.8 Å². The van der Waals surface area contributed by atoms with Crippen LogP contribution in [-0.4, -0.2) is 5.38 Å². The van der Waals surface area contributed by atoms with Crippen molar-refractivity contribution in [2.45, 2.75) is 90.4 Å². The van der Waals surface area contributed by atoms with Crippen molar-refractivity contribution in [1.29, 1.82) is 0 Å². The minimum atomic E-state index is 0.440. The van der Waals surface area contributed by atoms with Crippen molar-refractivity contribution in [1.82, 2.24) is 0 Å².